The van der Waals surface area contributed by atoms with Crippen LogP contribution in [0.4, 0.5) is 10.5 Å². The van der Waals surface area contributed by atoms with Crippen LogP contribution in [0.15, 0.2) is 22.7 Å². The quantitative estimate of drug-likeness (QED) is 0.787. The van der Waals surface area contributed by atoms with Crippen LogP contribution in [-0.2, 0) is 4.79 Å². The molecule has 0 aliphatic heterocycles. The number of hydrogen-bond acceptors (Lipinski definition) is 2. The third-order valence-corrected chi connectivity index (χ3v) is 4.50. The number of aryl methyl sites for hydroxylation is 1. The van der Waals surface area contributed by atoms with Gasteiger partial charge in [0, 0.05) is 10.2 Å². The molecule has 6 heteroatoms. The number of urea groups is 1. The summed E-state index contributed by atoms with van der Waals surface area (Å²) in [6.45, 7) is 3.50. The summed E-state index contributed by atoms with van der Waals surface area (Å²) in [5, 5.41) is 14.5. The highest BCUT2D eigenvalue weighted by atomic mass is 79.9. The van der Waals surface area contributed by atoms with E-state index < -0.39 is 17.5 Å². The molecule has 2 amide bonds. The average molecular weight is 341 g/mol. The van der Waals surface area contributed by atoms with Crippen LogP contribution < -0.4 is 10.6 Å². The van der Waals surface area contributed by atoms with Gasteiger partial charge in [0.25, 0.3) is 0 Å². The maximum absolute atomic E-state index is 12.0. The maximum Gasteiger partial charge on any atom is 0.329 e. The van der Waals surface area contributed by atoms with Crippen molar-refractivity contribution in [3.63, 3.8) is 0 Å². The first kappa shape index (κ1) is 14.8. The lowest BCUT2D eigenvalue weighted by molar-refractivity contribution is -0.144. The van der Waals surface area contributed by atoms with Gasteiger partial charge in [-0.2, -0.15) is 0 Å². The molecule has 5 nitrogen and oxygen atoms in total. The molecule has 1 fully saturated rings. The van der Waals surface area contributed by atoms with Crippen LogP contribution in [0.5, 0.6) is 0 Å². The Morgan fingerprint density at radius 2 is 2.05 bits per heavy atom. The zero-order valence-corrected chi connectivity index (χ0v) is 13.0. The molecule has 0 saturated heterocycles. The molecule has 3 N–H and O–H groups in total. The molecule has 0 bridgehead atoms. The largest absolute Gasteiger partial charge is 0.480 e. The fourth-order valence-electron chi connectivity index (χ4n) is 2.06. The predicted molar refractivity (Wildman–Crippen MR) is 79.8 cm³/mol. The summed E-state index contributed by atoms with van der Waals surface area (Å²) in [7, 11) is 0. The van der Waals surface area contributed by atoms with Crippen LogP contribution in [-0.4, -0.2) is 22.6 Å². The maximum atomic E-state index is 12.0. The van der Waals surface area contributed by atoms with E-state index >= 15 is 0 Å². The number of carbonyl (C=O) groups is 2. The van der Waals surface area contributed by atoms with E-state index in [1.54, 1.807) is 19.1 Å². The van der Waals surface area contributed by atoms with Crippen molar-refractivity contribution in [2.45, 2.75) is 32.2 Å². The lowest BCUT2D eigenvalue weighted by Crippen LogP contribution is -2.55. The van der Waals surface area contributed by atoms with E-state index in [0.29, 0.717) is 5.69 Å². The van der Waals surface area contributed by atoms with Gasteiger partial charge in [-0.25, -0.2) is 9.59 Å². The van der Waals surface area contributed by atoms with Crippen molar-refractivity contribution in [2.24, 2.45) is 5.92 Å². The molecule has 1 saturated carbocycles. The van der Waals surface area contributed by atoms with Gasteiger partial charge in [-0.05, 0) is 50.3 Å². The summed E-state index contributed by atoms with van der Waals surface area (Å²) in [6, 6.07) is 4.92. The minimum atomic E-state index is -1.20. The molecule has 1 aromatic rings. The molecule has 1 aromatic carbocycles. The molecule has 1 aliphatic rings. The summed E-state index contributed by atoms with van der Waals surface area (Å²) in [4.78, 5) is 23.3. The molecule has 1 unspecified atom stereocenters. The third-order valence-electron chi connectivity index (χ3n) is 3.64. The van der Waals surface area contributed by atoms with E-state index in [-0.39, 0.29) is 5.92 Å². The van der Waals surface area contributed by atoms with Crippen molar-refractivity contribution < 1.29 is 14.7 Å². The molecule has 0 radical (unpaired) electrons. The van der Waals surface area contributed by atoms with Gasteiger partial charge in [-0.1, -0.05) is 22.0 Å². The van der Waals surface area contributed by atoms with Crippen molar-refractivity contribution >= 4 is 33.6 Å². The van der Waals surface area contributed by atoms with Crippen LogP contribution in [0.1, 0.15) is 25.3 Å². The van der Waals surface area contributed by atoms with E-state index in [2.05, 4.69) is 26.6 Å². The van der Waals surface area contributed by atoms with Gasteiger partial charge in [0.15, 0.2) is 0 Å². The second kappa shape index (κ2) is 5.44. The van der Waals surface area contributed by atoms with Crippen LogP contribution in [0.3, 0.4) is 0 Å². The second-order valence-electron chi connectivity index (χ2n) is 5.32. The highest BCUT2D eigenvalue weighted by Crippen LogP contribution is 2.39. The zero-order chi connectivity index (χ0) is 14.9. The summed E-state index contributed by atoms with van der Waals surface area (Å²) in [6.07, 6.45) is 1.66. The van der Waals surface area contributed by atoms with Crippen molar-refractivity contribution in [2.75, 3.05) is 5.32 Å². The molecule has 1 atom stereocenters. The first-order valence-electron chi connectivity index (χ1n) is 6.41. The zero-order valence-electron chi connectivity index (χ0n) is 11.4. The fourth-order valence-corrected chi connectivity index (χ4v) is 2.44. The number of carboxylic acids is 1. The average Bonchev–Trinajstić information content (AvgIpc) is 3.17. The number of carbonyl (C=O) groups excluding carboxylic acids is 1. The van der Waals surface area contributed by atoms with Crippen molar-refractivity contribution in [1.82, 2.24) is 5.32 Å². The van der Waals surface area contributed by atoms with Gasteiger partial charge in [-0.3, -0.25) is 0 Å². The number of amides is 2. The van der Waals surface area contributed by atoms with Crippen LogP contribution in [0.2, 0.25) is 0 Å². The number of nitrogens with one attached hydrogen (secondary N) is 2. The number of aliphatic carboxylic acids is 1. The van der Waals surface area contributed by atoms with Crippen molar-refractivity contribution in [3.8, 4) is 0 Å². The lowest BCUT2D eigenvalue weighted by atomic mass is 9.96. The standard InChI is InChI=1S/C14H17BrN2O3/c1-8-3-6-10(7-11(8)15)16-13(20)17-14(2,12(18)19)9-4-5-9/h3,6-7,9H,4-5H2,1-2H3,(H,18,19)(H2,16,17,20). The van der Waals surface area contributed by atoms with Gasteiger partial charge in [-0.15, -0.1) is 0 Å². The molecule has 0 aromatic heterocycles. The Kier molecular flexibility index (Phi) is 4.04. The summed E-state index contributed by atoms with van der Waals surface area (Å²) < 4.78 is 0.887. The van der Waals surface area contributed by atoms with Gasteiger partial charge >= 0.3 is 12.0 Å². The van der Waals surface area contributed by atoms with Gasteiger partial charge in [0.1, 0.15) is 5.54 Å². The molecular weight excluding hydrogens is 324 g/mol. The van der Waals surface area contributed by atoms with E-state index in [1.807, 2.05) is 13.0 Å². The summed E-state index contributed by atoms with van der Waals surface area (Å²) in [5.74, 6) is -0.990. The number of carboxylic acid groups (broad SMARTS) is 1. The first-order valence-corrected chi connectivity index (χ1v) is 7.21. The van der Waals surface area contributed by atoms with Crippen LogP contribution in [0, 0.1) is 12.8 Å². The predicted octanol–water partition coefficient (Wildman–Crippen LogP) is 3.13. The number of rotatable bonds is 4. The molecule has 2 rings (SSSR count). The Hall–Kier alpha value is -1.56. The van der Waals surface area contributed by atoms with Gasteiger partial charge < -0.3 is 15.7 Å². The number of halogens is 1. The van der Waals surface area contributed by atoms with Crippen molar-refractivity contribution in [1.29, 1.82) is 0 Å². The Balaban J connectivity index is 2.04. The van der Waals surface area contributed by atoms with E-state index in [9.17, 15) is 14.7 Å². The second-order valence-corrected chi connectivity index (χ2v) is 6.18. The molecule has 108 valence electrons. The lowest BCUT2D eigenvalue weighted by Gasteiger charge is -2.26. The third kappa shape index (κ3) is 3.12. The summed E-state index contributed by atoms with van der Waals surface area (Å²) in [5.41, 5.74) is 0.472. The molecule has 1 aliphatic carbocycles. The Labute approximate surface area is 125 Å². The van der Waals surface area contributed by atoms with E-state index in [4.69, 9.17) is 0 Å². The number of hydrogen-bond donors (Lipinski definition) is 3. The minimum Gasteiger partial charge on any atom is -0.480 e. The highest BCUT2D eigenvalue weighted by Gasteiger charge is 2.48. The highest BCUT2D eigenvalue weighted by molar-refractivity contribution is 9.10. The number of anilines is 1. The fraction of sp³-hybridized carbons (Fsp3) is 0.429. The van der Waals surface area contributed by atoms with E-state index in [0.717, 1.165) is 22.9 Å². The Bertz CT molecular complexity index is 557. The normalized spacial score (nSPS) is 17.1. The minimum absolute atomic E-state index is 0.00973. The Morgan fingerprint density at radius 3 is 2.55 bits per heavy atom. The van der Waals surface area contributed by atoms with E-state index in [1.165, 1.54) is 0 Å². The van der Waals surface area contributed by atoms with Crippen molar-refractivity contribution in [3.05, 3.63) is 28.2 Å². The molecular formula is C14H17BrN2O3. The van der Waals surface area contributed by atoms with Gasteiger partial charge in [0.05, 0.1) is 0 Å². The SMILES string of the molecule is Cc1ccc(NC(=O)NC(C)(C(=O)O)C2CC2)cc1Br. The first-order chi connectivity index (χ1) is 9.33. The molecule has 20 heavy (non-hydrogen) atoms. The monoisotopic (exact) mass is 340 g/mol. The Morgan fingerprint density at radius 1 is 1.40 bits per heavy atom. The molecule has 0 heterocycles. The number of benzene rings is 1. The van der Waals surface area contributed by atoms with Crippen LogP contribution >= 0.6 is 15.9 Å². The van der Waals surface area contributed by atoms with Gasteiger partial charge in [0.2, 0.25) is 0 Å². The smallest absolute Gasteiger partial charge is 0.329 e. The van der Waals surface area contributed by atoms with Crippen LogP contribution in [0.25, 0.3) is 0 Å². The summed E-state index contributed by atoms with van der Waals surface area (Å²) >= 11 is 3.39. The molecule has 0 spiro atoms. The topological polar surface area (TPSA) is 78.4 Å².